The van der Waals surface area contributed by atoms with Crippen LogP contribution in [0.15, 0.2) is 48.5 Å². The first-order chi connectivity index (χ1) is 18.8. The number of nitrogens with zero attached hydrogens (tertiary/aromatic N) is 4. The zero-order chi connectivity index (χ0) is 25.7. The summed E-state index contributed by atoms with van der Waals surface area (Å²) >= 11 is 0. The van der Waals surface area contributed by atoms with Crippen LogP contribution >= 0.6 is 0 Å². The standard InChI is InChI=1S/C33H42N4O/c38-31(22-25-14-6-4-5-7-15-25)36-24-27-18-10-11-19-28(27)33-32(29-20-12-13-21-30(29)36)34-35-37(33)23-26-16-8-2-1-3-9-17-26/h10-13,18-21,25-26H,1-9,14-17,22-24H2. The van der Waals surface area contributed by atoms with Gasteiger partial charge in [-0.3, -0.25) is 4.79 Å². The Bertz CT molecular complexity index is 1230. The second kappa shape index (κ2) is 11.8. The Kier molecular flexibility index (Phi) is 7.89. The zero-order valence-electron chi connectivity index (χ0n) is 22.8. The number of rotatable bonds is 4. The number of fused-ring (bicyclic) bond motifs is 5. The number of aromatic nitrogens is 3. The fourth-order valence-corrected chi connectivity index (χ4v) is 7.06. The third-order valence-corrected chi connectivity index (χ3v) is 9.18. The van der Waals surface area contributed by atoms with Crippen molar-refractivity contribution in [2.24, 2.45) is 11.8 Å². The summed E-state index contributed by atoms with van der Waals surface area (Å²) in [6.45, 7) is 1.51. The number of hydrogen-bond acceptors (Lipinski definition) is 3. The fraction of sp³-hybridized carbons (Fsp3) is 0.545. The van der Waals surface area contributed by atoms with Crippen LogP contribution in [0.2, 0.25) is 0 Å². The van der Waals surface area contributed by atoms with Crippen molar-refractivity contribution < 1.29 is 4.79 Å². The number of anilines is 1. The quantitative estimate of drug-likeness (QED) is 0.333. The predicted octanol–water partition coefficient (Wildman–Crippen LogP) is 8.18. The van der Waals surface area contributed by atoms with Gasteiger partial charge in [-0.15, -0.1) is 5.10 Å². The van der Waals surface area contributed by atoms with Crippen molar-refractivity contribution in [3.05, 3.63) is 54.1 Å². The molecule has 5 heteroatoms. The van der Waals surface area contributed by atoms with Gasteiger partial charge in [0.2, 0.25) is 5.91 Å². The van der Waals surface area contributed by atoms with Gasteiger partial charge in [-0.1, -0.05) is 105 Å². The Labute approximate surface area is 227 Å². The molecule has 0 spiro atoms. The summed E-state index contributed by atoms with van der Waals surface area (Å²) in [7, 11) is 0. The van der Waals surface area contributed by atoms with Crippen molar-refractivity contribution in [3.8, 4) is 22.5 Å². The van der Waals surface area contributed by atoms with Crippen molar-refractivity contribution in [1.82, 2.24) is 15.0 Å². The van der Waals surface area contributed by atoms with Gasteiger partial charge in [-0.05, 0) is 49.1 Å². The maximum atomic E-state index is 13.9. The Balaban J connectivity index is 1.38. The molecule has 2 aromatic carbocycles. The van der Waals surface area contributed by atoms with E-state index >= 15 is 0 Å². The minimum Gasteiger partial charge on any atom is -0.307 e. The number of benzene rings is 2. The van der Waals surface area contributed by atoms with Gasteiger partial charge in [0.25, 0.3) is 0 Å². The van der Waals surface area contributed by atoms with E-state index in [9.17, 15) is 4.79 Å². The number of amides is 1. The van der Waals surface area contributed by atoms with E-state index in [1.54, 1.807) is 0 Å². The Hall–Kier alpha value is -2.95. The molecular weight excluding hydrogens is 468 g/mol. The number of carbonyl (C=O) groups is 1. The van der Waals surface area contributed by atoms with Gasteiger partial charge in [-0.25, -0.2) is 4.68 Å². The molecule has 0 saturated heterocycles. The van der Waals surface area contributed by atoms with E-state index in [4.69, 9.17) is 10.3 Å². The molecule has 2 fully saturated rings. The van der Waals surface area contributed by atoms with Crippen molar-refractivity contribution in [2.45, 2.75) is 103 Å². The second-order valence-electron chi connectivity index (χ2n) is 11.9. The largest absolute Gasteiger partial charge is 0.307 e. The summed E-state index contributed by atoms with van der Waals surface area (Å²) in [5.74, 6) is 1.38. The van der Waals surface area contributed by atoms with Crippen LogP contribution in [-0.4, -0.2) is 20.9 Å². The van der Waals surface area contributed by atoms with Crippen LogP contribution in [0, 0.1) is 11.8 Å². The topological polar surface area (TPSA) is 51.0 Å². The molecule has 0 N–H and O–H groups in total. The fourth-order valence-electron chi connectivity index (χ4n) is 7.06. The lowest BCUT2D eigenvalue weighted by atomic mass is 9.90. The monoisotopic (exact) mass is 510 g/mol. The van der Waals surface area contributed by atoms with Crippen molar-refractivity contribution in [2.75, 3.05) is 4.90 Å². The van der Waals surface area contributed by atoms with Crippen LogP contribution in [0.3, 0.4) is 0 Å². The molecule has 1 aliphatic heterocycles. The third-order valence-electron chi connectivity index (χ3n) is 9.18. The minimum atomic E-state index is 0.240. The molecular formula is C33H42N4O. The molecule has 0 radical (unpaired) electrons. The highest BCUT2D eigenvalue weighted by Crippen LogP contribution is 2.42. The molecule has 3 aliphatic rings. The molecule has 3 aromatic rings. The van der Waals surface area contributed by atoms with Crippen LogP contribution in [0.25, 0.3) is 22.5 Å². The molecule has 2 saturated carbocycles. The Morgan fingerprint density at radius 3 is 2.08 bits per heavy atom. The number of para-hydroxylation sites is 1. The van der Waals surface area contributed by atoms with Gasteiger partial charge in [0.1, 0.15) is 5.69 Å². The highest BCUT2D eigenvalue weighted by atomic mass is 16.2. The molecule has 5 nitrogen and oxygen atoms in total. The van der Waals surface area contributed by atoms with Gasteiger partial charge in [0, 0.05) is 24.1 Å². The van der Waals surface area contributed by atoms with Crippen LogP contribution < -0.4 is 4.90 Å². The first-order valence-electron chi connectivity index (χ1n) is 15.2. The van der Waals surface area contributed by atoms with Gasteiger partial charge >= 0.3 is 0 Å². The second-order valence-corrected chi connectivity index (χ2v) is 11.9. The van der Waals surface area contributed by atoms with Crippen molar-refractivity contribution >= 4 is 11.6 Å². The highest BCUT2D eigenvalue weighted by molar-refractivity contribution is 6.00. The van der Waals surface area contributed by atoms with Gasteiger partial charge in [0.05, 0.1) is 17.9 Å². The molecule has 200 valence electrons. The summed E-state index contributed by atoms with van der Waals surface area (Å²) in [6.07, 6.45) is 17.4. The summed E-state index contributed by atoms with van der Waals surface area (Å²) in [5, 5.41) is 9.57. The Morgan fingerprint density at radius 2 is 1.34 bits per heavy atom. The lowest BCUT2D eigenvalue weighted by Gasteiger charge is -2.30. The van der Waals surface area contributed by atoms with E-state index in [0.29, 0.717) is 24.8 Å². The van der Waals surface area contributed by atoms with E-state index in [0.717, 1.165) is 29.2 Å². The molecule has 0 bridgehead atoms. The smallest absolute Gasteiger partial charge is 0.227 e. The van der Waals surface area contributed by atoms with Crippen molar-refractivity contribution in [1.29, 1.82) is 0 Å². The van der Waals surface area contributed by atoms with E-state index in [1.807, 2.05) is 4.90 Å². The van der Waals surface area contributed by atoms with E-state index < -0.39 is 0 Å². The summed E-state index contributed by atoms with van der Waals surface area (Å²) < 4.78 is 2.18. The van der Waals surface area contributed by atoms with Crippen LogP contribution in [0.4, 0.5) is 5.69 Å². The number of hydrogen-bond donors (Lipinski definition) is 0. The minimum absolute atomic E-state index is 0.240. The zero-order valence-corrected chi connectivity index (χ0v) is 22.8. The maximum Gasteiger partial charge on any atom is 0.227 e. The maximum absolute atomic E-state index is 13.9. The molecule has 0 atom stereocenters. The average Bonchev–Trinajstić information content (AvgIpc) is 3.14. The third kappa shape index (κ3) is 5.43. The average molecular weight is 511 g/mol. The molecule has 1 amide bonds. The van der Waals surface area contributed by atoms with Crippen LogP contribution in [-0.2, 0) is 17.9 Å². The summed E-state index contributed by atoms with van der Waals surface area (Å²) in [5.41, 5.74) is 6.37. The molecule has 1 aromatic heterocycles. The van der Waals surface area contributed by atoms with Gasteiger partial charge in [-0.2, -0.15) is 0 Å². The molecule has 6 rings (SSSR count). The molecule has 2 aliphatic carbocycles. The first kappa shape index (κ1) is 25.3. The number of carbonyl (C=O) groups excluding carboxylic acids is 1. The summed E-state index contributed by atoms with van der Waals surface area (Å²) in [6, 6.07) is 17.0. The van der Waals surface area contributed by atoms with Gasteiger partial charge < -0.3 is 4.90 Å². The molecule has 38 heavy (non-hydrogen) atoms. The van der Waals surface area contributed by atoms with Crippen LogP contribution in [0.1, 0.15) is 95.5 Å². The van der Waals surface area contributed by atoms with Gasteiger partial charge in [0.15, 0.2) is 0 Å². The normalized spacial score (nSPS) is 19.2. The van der Waals surface area contributed by atoms with Crippen molar-refractivity contribution in [3.63, 3.8) is 0 Å². The lowest BCUT2D eigenvalue weighted by molar-refractivity contribution is -0.119. The van der Waals surface area contributed by atoms with E-state index in [-0.39, 0.29) is 5.91 Å². The molecule has 0 unspecified atom stereocenters. The SMILES string of the molecule is O=C(CC1CCCCCC1)N1Cc2ccccc2-c2c(nnn2CC2CCCCCCC2)-c2ccccc21. The Morgan fingerprint density at radius 1 is 0.737 bits per heavy atom. The molecule has 2 heterocycles. The van der Waals surface area contributed by atoms with Crippen LogP contribution in [0.5, 0.6) is 0 Å². The predicted molar refractivity (Wildman–Crippen MR) is 154 cm³/mol. The summed E-state index contributed by atoms with van der Waals surface area (Å²) in [4.78, 5) is 16.0. The lowest BCUT2D eigenvalue weighted by Crippen LogP contribution is -2.33. The van der Waals surface area contributed by atoms with E-state index in [2.05, 4.69) is 53.2 Å². The first-order valence-corrected chi connectivity index (χ1v) is 15.2. The highest BCUT2D eigenvalue weighted by Gasteiger charge is 2.30. The van der Waals surface area contributed by atoms with E-state index in [1.165, 1.54) is 94.6 Å².